The third-order valence-corrected chi connectivity index (χ3v) is 4.18. The highest BCUT2D eigenvalue weighted by Crippen LogP contribution is 2.24. The van der Waals surface area contributed by atoms with Gasteiger partial charge >= 0.3 is 0 Å². The first kappa shape index (κ1) is 23.4. The van der Waals surface area contributed by atoms with Crippen LogP contribution >= 0.6 is 24.0 Å². The molecule has 2 rings (SSSR count). The monoisotopic (exact) mass is 492 g/mol. The van der Waals surface area contributed by atoms with Crippen LogP contribution in [0, 0.1) is 18.6 Å². The van der Waals surface area contributed by atoms with Crippen LogP contribution in [0.1, 0.15) is 36.1 Å². The van der Waals surface area contributed by atoms with Gasteiger partial charge in [0.05, 0.1) is 12.1 Å². The summed E-state index contributed by atoms with van der Waals surface area (Å²) in [5.41, 5.74) is 0.0372. The third kappa shape index (κ3) is 6.17. The Morgan fingerprint density at radius 3 is 2.30 bits per heavy atom. The predicted molar refractivity (Wildman–Crippen MR) is 115 cm³/mol. The summed E-state index contributed by atoms with van der Waals surface area (Å²) in [5.74, 6) is 1.02. The van der Waals surface area contributed by atoms with Crippen molar-refractivity contribution in [2.75, 3.05) is 27.7 Å². The van der Waals surface area contributed by atoms with E-state index in [1.807, 2.05) is 26.0 Å². The van der Waals surface area contributed by atoms with Crippen LogP contribution in [0.5, 0.6) is 0 Å². The summed E-state index contributed by atoms with van der Waals surface area (Å²) in [5, 5.41) is 6.34. The van der Waals surface area contributed by atoms with E-state index in [1.165, 1.54) is 18.2 Å². The summed E-state index contributed by atoms with van der Waals surface area (Å²) in [6.07, 6.45) is 0. The first-order valence-corrected chi connectivity index (χ1v) is 8.47. The van der Waals surface area contributed by atoms with Gasteiger partial charge < -0.3 is 20.0 Å². The molecule has 150 valence electrons. The molecule has 0 aliphatic heterocycles. The maximum Gasteiger partial charge on any atom is 0.191 e. The number of rotatable bonds is 6. The fourth-order valence-corrected chi connectivity index (χ4v) is 2.72. The lowest BCUT2D eigenvalue weighted by Crippen LogP contribution is -2.42. The van der Waals surface area contributed by atoms with Crippen molar-refractivity contribution in [1.29, 1.82) is 0 Å². The van der Waals surface area contributed by atoms with E-state index in [0.29, 0.717) is 5.96 Å². The molecule has 8 heteroatoms. The Kier molecular flexibility index (Phi) is 9.17. The van der Waals surface area contributed by atoms with Gasteiger partial charge in [-0.25, -0.2) is 8.78 Å². The molecule has 2 unspecified atom stereocenters. The number of aliphatic imine (C=N–C) groups is 1. The van der Waals surface area contributed by atoms with E-state index in [0.717, 1.165) is 11.5 Å². The van der Waals surface area contributed by atoms with E-state index in [-0.39, 0.29) is 42.1 Å². The number of likely N-dealkylation sites (N-methyl/N-ethyl adjacent to an activating group) is 1. The first-order chi connectivity index (χ1) is 12.3. The van der Waals surface area contributed by atoms with Crippen molar-refractivity contribution in [1.82, 2.24) is 15.5 Å². The van der Waals surface area contributed by atoms with Crippen molar-refractivity contribution in [2.24, 2.45) is 4.99 Å². The maximum absolute atomic E-state index is 14.1. The second-order valence-corrected chi connectivity index (χ2v) is 6.38. The first-order valence-electron chi connectivity index (χ1n) is 8.47. The van der Waals surface area contributed by atoms with Gasteiger partial charge in [-0.2, -0.15) is 0 Å². The Bertz CT molecular complexity index is 744. The summed E-state index contributed by atoms with van der Waals surface area (Å²) in [6.45, 7) is 4.12. The molecule has 5 nitrogen and oxygen atoms in total. The maximum atomic E-state index is 14.1. The minimum absolute atomic E-state index is 0. The number of nitrogens with zero attached hydrogens (tertiary/aromatic N) is 2. The molecule has 2 N–H and O–H groups in total. The summed E-state index contributed by atoms with van der Waals surface area (Å²) in [7, 11) is 5.20. The number of guanidine groups is 1. The van der Waals surface area contributed by atoms with Gasteiger partial charge in [-0.15, -0.1) is 24.0 Å². The van der Waals surface area contributed by atoms with Gasteiger partial charge in [-0.3, -0.25) is 4.99 Å². The summed E-state index contributed by atoms with van der Waals surface area (Å²) >= 11 is 0. The Morgan fingerprint density at radius 1 is 1.19 bits per heavy atom. The van der Waals surface area contributed by atoms with E-state index >= 15 is 0 Å². The zero-order valence-electron chi connectivity index (χ0n) is 16.2. The molecular weight excluding hydrogens is 465 g/mol. The highest BCUT2D eigenvalue weighted by atomic mass is 127. The van der Waals surface area contributed by atoms with E-state index in [4.69, 9.17) is 4.42 Å². The second-order valence-electron chi connectivity index (χ2n) is 6.38. The van der Waals surface area contributed by atoms with Gasteiger partial charge in [0, 0.05) is 19.2 Å². The van der Waals surface area contributed by atoms with Crippen LogP contribution in [-0.4, -0.2) is 38.5 Å². The minimum Gasteiger partial charge on any atom is -0.464 e. The van der Waals surface area contributed by atoms with Crippen LogP contribution in [0.3, 0.4) is 0 Å². The molecule has 1 aromatic carbocycles. The normalized spacial score (nSPS) is 13.9. The highest BCUT2D eigenvalue weighted by molar-refractivity contribution is 14.0. The number of aryl methyl sites for hydroxylation is 1. The highest BCUT2D eigenvalue weighted by Gasteiger charge is 2.22. The molecule has 0 aliphatic rings. The Labute approximate surface area is 176 Å². The van der Waals surface area contributed by atoms with Crippen LogP contribution in [-0.2, 0) is 0 Å². The second kappa shape index (κ2) is 10.6. The van der Waals surface area contributed by atoms with Crippen LogP contribution in [0.15, 0.2) is 39.7 Å². The zero-order chi connectivity index (χ0) is 19.3. The molecule has 0 fully saturated rings. The van der Waals surface area contributed by atoms with Gasteiger partial charge in [0.2, 0.25) is 0 Å². The number of halogens is 3. The van der Waals surface area contributed by atoms with Crippen molar-refractivity contribution in [3.05, 3.63) is 59.1 Å². The van der Waals surface area contributed by atoms with Crippen LogP contribution in [0.2, 0.25) is 0 Å². The average Bonchev–Trinajstić information content (AvgIpc) is 3.02. The molecule has 0 radical (unpaired) electrons. The van der Waals surface area contributed by atoms with E-state index < -0.39 is 17.7 Å². The predicted octanol–water partition coefficient (Wildman–Crippen LogP) is 4.01. The SMILES string of the molecule is CN=C(NCC(c1c(F)cccc1F)N(C)C)NC(C)c1ccc(C)o1.I. The van der Waals surface area contributed by atoms with Gasteiger partial charge in [-0.1, -0.05) is 6.07 Å². The van der Waals surface area contributed by atoms with Crippen molar-refractivity contribution >= 4 is 29.9 Å². The van der Waals surface area contributed by atoms with Crippen LogP contribution < -0.4 is 10.6 Å². The fraction of sp³-hybridized carbons (Fsp3) is 0.421. The third-order valence-electron chi connectivity index (χ3n) is 4.18. The van der Waals surface area contributed by atoms with Crippen molar-refractivity contribution in [2.45, 2.75) is 25.9 Å². The van der Waals surface area contributed by atoms with Crippen molar-refractivity contribution in [3.63, 3.8) is 0 Å². The zero-order valence-corrected chi connectivity index (χ0v) is 18.5. The Balaban J connectivity index is 0.00000364. The van der Waals surface area contributed by atoms with Gasteiger partial charge in [-0.05, 0) is 52.2 Å². The molecule has 0 saturated carbocycles. The number of nitrogens with one attached hydrogen (secondary N) is 2. The molecule has 2 atom stereocenters. The molecule has 27 heavy (non-hydrogen) atoms. The Hall–Kier alpha value is -1.68. The molecule has 0 aliphatic carbocycles. The smallest absolute Gasteiger partial charge is 0.191 e. The minimum atomic E-state index is -0.562. The lowest BCUT2D eigenvalue weighted by Gasteiger charge is -2.27. The summed E-state index contributed by atoms with van der Waals surface area (Å²) in [6, 6.07) is 7.10. The topological polar surface area (TPSA) is 52.8 Å². The summed E-state index contributed by atoms with van der Waals surface area (Å²) < 4.78 is 33.9. The Morgan fingerprint density at radius 2 is 1.81 bits per heavy atom. The van der Waals surface area contributed by atoms with Gasteiger partial charge in [0.25, 0.3) is 0 Å². The van der Waals surface area contributed by atoms with Crippen LogP contribution in [0.25, 0.3) is 0 Å². The number of hydrogen-bond donors (Lipinski definition) is 2. The molecule has 1 heterocycles. The van der Waals surface area contributed by atoms with Crippen molar-refractivity contribution < 1.29 is 13.2 Å². The lowest BCUT2D eigenvalue weighted by molar-refractivity contribution is 0.282. The molecule has 2 aromatic rings. The largest absolute Gasteiger partial charge is 0.464 e. The quantitative estimate of drug-likeness (QED) is 0.364. The average molecular weight is 492 g/mol. The van der Waals surface area contributed by atoms with Gasteiger partial charge in [0.1, 0.15) is 23.2 Å². The van der Waals surface area contributed by atoms with Crippen LogP contribution in [0.4, 0.5) is 8.78 Å². The van der Waals surface area contributed by atoms with E-state index in [2.05, 4.69) is 15.6 Å². The molecule has 0 bridgehead atoms. The number of furan rings is 1. The van der Waals surface area contributed by atoms with Gasteiger partial charge in [0.15, 0.2) is 5.96 Å². The van der Waals surface area contributed by atoms with E-state index in [1.54, 1.807) is 26.0 Å². The van der Waals surface area contributed by atoms with Crippen molar-refractivity contribution in [3.8, 4) is 0 Å². The molecule has 0 saturated heterocycles. The molecule has 1 aromatic heterocycles. The molecule has 0 spiro atoms. The molecular formula is C19H27F2IN4O. The molecule has 0 amide bonds. The fourth-order valence-electron chi connectivity index (χ4n) is 2.72. The van der Waals surface area contributed by atoms with E-state index in [9.17, 15) is 8.78 Å². The standard InChI is InChI=1S/C19H26F2N4O.HI/c1-12-9-10-17(26-12)13(2)24-19(22-3)23-11-16(25(4)5)18-14(20)7-6-8-15(18)21;/h6-10,13,16H,11H2,1-5H3,(H2,22,23,24);1H. The lowest BCUT2D eigenvalue weighted by atomic mass is 10.0. The number of benzene rings is 1. The summed E-state index contributed by atoms with van der Waals surface area (Å²) in [4.78, 5) is 5.94. The number of hydrogen-bond acceptors (Lipinski definition) is 3.